The maximum atomic E-state index is 9.05. The van der Waals surface area contributed by atoms with Gasteiger partial charge in [-0.2, -0.15) is 10.3 Å². The van der Waals surface area contributed by atoms with Crippen molar-refractivity contribution in [2.45, 2.75) is 32.6 Å². The van der Waals surface area contributed by atoms with Gasteiger partial charge in [0.25, 0.3) is 0 Å². The molecule has 6 heteroatoms. The van der Waals surface area contributed by atoms with Gasteiger partial charge in [-0.25, -0.2) is 4.98 Å². The summed E-state index contributed by atoms with van der Waals surface area (Å²) < 4.78 is 0. The molecule has 1 aliphatic rings. The van der Waals surface area contributed by atoms with Crippen LogP contribution in [0.15, 0.2) is 35.7 Å². The number of pyridine rings is 2. The second kappa shape index (κ2) is 6.75. The molecule has 1 N–H and O–H groups in total. The molecule has 4 heterocycles. The smallest absolute Gasteiger partial charge is 0.207 e. The molecule has 0 saturated carbocycles. The number of amidine groups is 1. The lowest BCUT2D eigenvalue weighted by Crippen LogP contribution is -2.41. The van der Waals surface area contributed by atoms with E-state index in [-0.39, 0.29) is 5.92 Å². The first-order valence-corrected chi connectivity index (χ1v) is 9.11. The first kappa shape index (κ1) is 16.5. The number of aromatic amines is 1. The summed E-state index contributed by atoms with van der Waals surface area (Å²) >= 11 is 0. The van der Waals surface area contributed by atoms with Crippen LogP contribution in [0.3, 0.4) is 0 Å². The summed E-state index contributed by atoms with van der Waals surface area (Å²) in [6.45, 7) is 6.03. The minimum atomic E-state index is 0.239. The van der Waals surface area contributed by atoms with Crippen molar-refractivity contribution in [2.75, 3.05) is 13.1 Å². The summed E-state index contributed by atoms with van der Waals surface area (Å²) in [4.78, 5) is 18.6. The van der Waals surface area contributed by atoms with Gasteiger partial charge in [0, 0.05) is 48.1 Å². The van der Waals surface area contributed by atoms with Crippen LogP contribution < -0.4 is 0 Å². The van der Waals surface area contributed by atoms with Crippen LogP contribution in [0.4, 0.5) is 0 Å². The highest BCUT2D eigenvalue weighted by molar-refractivity contribution is 6.05. The normalized spacial score (nSPS) is 18.6. The molecule has 1 fully saturated rings. The van der Waals surface area contributed by atoms with Gasteiger partial charge in [0.05, 0.1) is 11.7 Å². The molecule has 0 spiro atoms. The van der Waals surface area contributed by atoms with Gasteiger partial charge in [-0.1, -0.05) is 13.8 Å². The van der Waals surface area contributed by atoms with Gasteiger partial charge in [0.2, 0.25) is 6.19 Å². The van der Waals surface area contributed by atoms with Crippen molar-refractivity contribution < 1.29 is 0 Å². The summed E-state index contributed by atoms with van der Waals surface area (Å²) in [6.07, 6.45) is 9.84. The third-order valence-electron chi connectivity index (χ3n) is 5.19. The minimum absolute atomic E-state index is 0.239. The highest BCUT2D eigenvalue weighted by Gasteiger charge is 2.26. The highest BCUT2D eigenvalue weighted by Crippen LogP contribution is 2.34. The van der Waals surface area contributed by atoms with E-state index in [1.54, 1.807) is 0 Å². The number of aliphatic imine (C=N–C) groups is 1. The fourth-order valence-corrected chi connectivity index (χ4v) is 4.08. The molecule has 3 aromatic heterocycles. The van der Waals surface area contributed by atoms with Crippen LogP contribution in [-0.4, -0.2) is 38.8 Å². The molecule has 0 bridgehead atoms. The van der Waals surface area contributed by atoms with Crippen LogP contribution >= 0.6 is 0 Å². The van der Waals surface area contributed by atoms with E-state index in [1.807, 2.05) is 24.8 Å². The zero-order valence-corrected chi connectivity index (χ0v) is 15.1. The summed E-state index contributed by atoms with van der Waals surface area (Å²) in [7, 11) is 0. The molecule has 0 radical (unpaired) electrons. The Morgan fingerprint density at radius 3 is 3.08 bits per heavy atom. The van der Waals surface area contributed by atoms with Crippen LogP contribution in [0.2, 0.25) is 0 Å². The Hall–Kier alpha value is -2.94. The zero-order chi connectivity index (χ0) is 18.1. The molecule has 4 rings (SSSR count). The van der Waals surface area contributed by atoms with Gasteiger partial charge in [-0.3, -0.25) is 4.98 Å². The predicted molar refractivity (Wildman–Crippen MR) is 103 cm³/mol. The lowest BCUT2D eigenvalue weighted by molar-refractivity contribution is 0.300. The summed E-state index contributed by atoms with van der Waals surface area (Å²) in [5.74, 6) is 1.52. The maximum Gasteiger partial charge on any atom is 0.207 e. The van der Waals surface area contributed by atoms with E-state index in [4.69, 9.17) is 5.26 Å². The Bertz CT molecular complexity index is 1010. The molecule has 1 atom stereocenters. The van der Waals surface area contributed by atoms with E-state index >= 15 is 0 Å². The monoisotopic (exact) mass is 346 g/mol. The van der Waals surface area contributed by atoms with Crippen molar-refractivity contribution >= 4 is 27.8 Å². The maximum absolute atomic E-state index is 9.05. The fourth-order valence-electron chi connectivity index (χ4n) is 4.08. The third kappa shape index (κ3) is 2.80. The third-order valence-corrected chi connectivity index (χ3v) is 5.19. The molecule has 0 amide bonds. The SMILES string of the molecule is CC(C)C(=NC#N)N1CCC[C@@H](c2ccnc3cnc4[nH]ccc4c23)C1. The number of rotatable bonds is 2. The van der Waals surface area contributed by atoms with Crippen molar-refractivity contribution in [1.29, 1.82) is 5.26 Å². The van der Waals surface area contributed by atoms with Crippen LogP contribution in [-0.2, 0) is 0 Å². The molecular weight excluding hydrogens is 324 g/mol. The number of nitrogens with zero attached hydrogens (tertiary/aromatic N) is 5. The van der Waals surface area contributed by atoms with E-state index in [0.717, 1.165) is 48.3 Å². The van der Waals surface area contributed by atoms with E-state index in [2.05, 4.69) is 50.8 Å². The summed E-state index contributed by atoms with van der Waals surface area (Å²) in [6, 6.07) is 4.21. The van der Waals surface area contributed by atoms with Crippen molar-refractivity contribution in [3.63, 3.8) is 0 Å². The molecule has 1 aliphatic heterocycles. The largest absolute Gasteiger partial charge is 0.359 e. The molecule has 1 saturated heterocycles. The number of nitriles is 1. The quantitative estimate of drug-likeness (QED) is 0.434. The van der Waals surface area contributed by atoms with E-state index in [9.17, 15) is 0 Å². The fraction of sp³-hybridized carbons (Fsp3) is 0.400. The second-order valence-corrected chi connectivity index (χ2v) is 7.17. The number of hydrogen-bond donors (Lipinski definition) is 1. The van der Waals surface area contributed by atoms with Crippen molar-refractivity contribution in [1.82, 2.24) is 19.9 Å². The highest BCUT2D eigenvalue weighted by atomic mass is 15.2. The summed E-state index contributed by atoms with van der Waals surface area (Å²) in [5.41, 5.74) is 3.14. The van der Waals surface area contributed by atoms with E-state index in [1.165, 1.54) is 10.9 Å². The van der Waals surface area contributed by atoms with Gasteiger partial charge in [0.1, 0.15) is 11.5 Å². The van der Waals surface area contributed by atoms with Gasteiger partial charge in [-0.05, 0) is 30.5 Å². The average molecular weight is 346 g/mol. The number of fused-ring (bicyclic) bond motifs is 3. The lowest BCUT2D eigenvalue weighted by atomic mass is 9.87. The topological polar surface area (TPSA) is 81.0 Å². The first-order chi connectivity index (χ1) is 12.7. The number of piperidine rings is 1. The Morgan fingerprint density at radius 1 is 1.38 bits per heavy atom. The number of nitrogens with one attached hydrogen (secondary N) is 1. The first-order valence-electron chi connectivity index (χ1n) is 9.11. The van der Waals surface area contributed by atoms with E-state index in [0.29, 0.717) is 5.92 Å². The molecule has 6 nitrogen and oxygen atoms in total. The lowest BCUT2D eigenvalue weighted by Gasteiger charge is -2.36. The van der Waals surface area contributed by atoms with E-state index < -0.39 is 0 Å². The Labute approximate surface area is 152 Å². The Morgan fingerprint density at radius 2 is 2.27 bits per heavy atom. The van der Waals surface area contributed by atoms with Gasteiger partial charge < -0.3 is 9.88 Å². The Balaban J connectivity index is 1.77. The number of likely N-dealkylation sites (tertiary alicyclic amines) is 1. The number of aromatic nitrogens is 3. The van der Waals surface area contributed by atoms with Crippen molar-refractivity contribution in [3.8, 4) is 6.19 Å². The van der Waals surface area contributed by atoms with Gasteiger partial charge >= 0.3 is 0 Å². The van der Waals surface area contributed by atoms with Crippen LogP contribution in [0.25, 0.3) is 21.9 Å². The standard InChI is InChI=1S/C20H22N6/c1-13(2)20(25-12-21)26-9-3-4-14(11-26)15-5-7-22-17-10-24-19-16(18(15)17)6-8-23-19/h5-8,10,13-14H,3-4,9,11H2,1-2H3,(H,23,24)/t14-/m1/s1. The molecule has 3 aromatic rings. The summed E-state index contributed by atoms with van der Waals surface area (Å²) in [5, 5.41) is 11.4. The van der Waals surface area contributed by atoms with Crippen LogP contribution in [0.5, 0.6) is 0 Å². The Kier molecular flexibility index (Phi) is 4.29. The predicted octanol–water partition coefficient (Wildman–Crippen LogP) is 3.83. The van der Waals surface area contributed by atoms with Gasteiger partial charge in [-0.15, -0.1) is 0 Å². The average Bonchev–Trinajstić information content (AvgIpc) is 3.14. The molecule has 0 aliphatic carbocycles. The molecule has 26 heavy (non-hydrogen) atoms. The number of hydrogen-bond acceptors (Lipinski definition) is 4. The van der Waals surface area contributed by atoms with Gasteiger partial charge in [0.15, 0.2) is 0 Å². The van der Waals surface area contributed by atoms with Crippen LogP contribution in [0.1, 0.15) is 38.2 Å². The van der Waals surface area contributed by atoms with Crippen molar-refractivity contribution in [2.24, 2.45) is 10.9 Å². The van der Waals surface area contributed by atoms with Crippen molar-refractivity contribution in [3.05, 3.63) is 36.3 Å². The zero-order valence-electron chi connectivity index (χ0n) is 15.1. The number of H-pyrrole nitrogens is 1. The molecular formula is C20H22N6. The van der Waals surface area contributed by atoms with Crippen LogP contribution in [0, 0.1) is 17.4 Å². The minimum Gasteiger partial charge on any atom is -0.359 e. The molecule has 0 unspecified atom stereocenters. The molecule has 132 valence electrons. The second-order valence-electron chi connectivity index (χ2n) is 7.17. The molecule has 0 aromatic carbocycles.